The number of aromatic nitrogens is 1. The smallest absolute Gasteiger partial charge is 0.253 e. The molecule has 0 bridgehead atoms. The van der Waals surface area contributed by atoms with Crippen LogP contribution in [0.2, 0.25) is 5.02 Å². The van der Waals surface area contributed by atoms with Gasteiger partial charge in [-0.2, -0.15) is 0 Å². The Kier molecular flexibility index (Phi) is 6.63. The Morgan fingerprint density at radius 1 is 1.17 bits per heavy atom. The molecular formula is C19H17ClFN3O3S2. The second-order valence-corrected chi connectivity index (χ2v) is 9.68. The molecule has 29 heavy (non-hydrogen) atoms. The van der Waals surface area contributed by atoms with Gasteiger partial charge in [-0.3, -0.25) is 9.78 Å². The standard InChI is InChI=1S/C19H17ClFN3O3S2/c1-12-2-5-15(28-12)11-23-19(25)13-3-4-14(22-9-13)10-24-29(26,27)16-6-7-18(21)17(20)8-16/h2-9,24H,10-11H2,1H3,(H,23,25). The number of thiophene rings is 1. The number of halogens is 2. The van der Waals surface area contributed by atoms with Crippen molar-refractivity contribution in [1.29, 1.82) is 0 Å². The van der Waals surface area contributed by atoms with Gasteiger partial charge in [0.05, 0.1) is 34.3 Å². The Bertz CT molecular complexity index is 1130. The summed E-state index contributed by atoms with van der Waals surface area (Å²) in [7, 11) is -3.88. The van der Waals surface area contributed by atoms with Crippen molar-refractivity contribution >= 4 is 38.9 Å². The number of carbonyl (C=O) groups is 1. The Morgan fingerprint density at radius 2 is 1.97 bits per heavy atom. The highest BCUT2D eigenvalue weighted by Crippen LogP contribution is 2.19. The molecule has 0 atom stereocenters. The van der Waals surface area contributed by atoms with Crippen molar-refractivity contribution in [2.45, 2.75) is 24.9 Å². The average molecular weight is 454 g/mol. The summed E-state index contributed by atoms with van der Waals surface area (Å²) in [6.07, 6.45) is 1.38. The fourth-order valence-electron chi connectivity index (χ4n) is 2.41. The topological polar surface area (TPSA) is 88.2 Å². The molecule has 2 heterocycles. The van der Waals surface area contributed by atoms with Gasteiger partial charge in [0.15, 0.2) is 0 Å². The van der Waals surface area contributed by atoms with Crippen LogP contribution < -0.4 is 10.0 Å². The maximum atomic E-state index is 13.2. The monoisotopic (exact) mass is 453 g/mol. The van der Waals surface area contributed by atoms with E-state index in [0.717, 1.165) is 23.1 Å². The summed E-state index contributed by atoms with van der Waals surface area (Å²) in [5, 5.41) is 2.53. The van der Waals surface area contributed by atoms with Gasteiger partial charge in [0.1, 0.15) is 5.82 Å². The van der Waals surface area contributed by atoms with E-state index in [1.165, 1.54) is 11.1 Å². The highest BCUT2D eigenvalue weighted by molar-refractivity contribution is 7.89. The van der Waals surface area contributed by atoms with E-state index in [1.807, 2.05) is 19.1 Å². The summed E-state index contributed by atoms with van der Waals surface area (Å²) in [5.74, 6) is -0.966. The molecule has 2 aromatic heterocycles. The molecule has 0 saturated heterocycles. The quantitative estimate of drug-likeness (QED) is 0.571. The van der Waals surface area contributed by atoms with E-state index in [4.69, 9.17) is 11.6 Å². The number of amides is 1. The third kappa shape index (κ3) is 5.60. The molecule has 152 valence electrons. The number of nitrogens with one attached hydrogen (secondary N) is 2. The van der Waals surface area contributed by atoms with Crippen LogP contribution in [-0.4, -0.2) is 19.3 Å². The zero-order valence-electron chi connectivity index (χ0n) is 15.3. The van der Waals surface area contributed by atoms with Gasteiger partial charge >= 0.3 is 0 Å². The predicted molar refractivity (Wildman–Crippen MR) is 110 cm³/mol. The first kappa shape index (κ1) is 21.4. The highest BCUT2D eigenvalue weighted by Gasteiger charge is 2.16. The second-order valence-electron chi connectivity index (χ2n) is 6.13. The first-order chi connectivity index (χ1) is 13.7. The summed E-state index contributed by atoms with van der Waals surface area (Å²) in [5.41, 5.74) is 0.794. The van der Waals surface area contributed by atoms with Crippen molar-refractivity contribution in [3.8, 4) is 0 Å². The van der Waals surface area contributed by atoms with Crippen molar-refractivity contribution in [2.75, 3.05) is 0 Å². The summed E-state index contributed by atoms with van der Waals surface area (Å²) >= 11 is 7.24. The van der Waals surface area contributed by atoms with E-state index in [-0.39, 0.29) is 22.4 Å². The Hall–Kier alpha value is -2.33. The number of hydrogen-bond donors (Lipinski definition) is 2. The fourth-order valence-corrected chi connectivity index (χ4v) is 4.51. The largest absolute Gasteiger partial charge is 0.347 e. The molecule has 2 N–H and O–H groups in total. The van der Waals surface area contributed by atoms with Crippen LogP contribution in [0.15, 0.2) is 53.6 Å². The molecular weight excluding hydrogens is 437 g/mol. The fraction of sp³-hybridized carbons (Fsp3) is 0.158. The third-order valence-corrected chi connectivity index (χ3v) is 6.64. The molecule has 3 rings (SSSR count). The number of hydrogen-bond acceptors (Lipinski definition) is 5. The van der Waals surface area contributed by atoms with Crippen LogP contribution in [0.1, 0.15) is 25.8 Å². The Morgan fingerprint density at radius 3 is 2.59 bits per heavy atom. The molecule has 0 aliphatic carbocycles. The maximum absolute atomic E-state index is 13.2. The summed E-state index contributed by atoms with van der Waals surface area (Å²) in [6, 6.07) is 10.2. The van der Waals surface area contributed by atoms with E-state index < -0.39 is 15.8 Å². The summed E-state index contributed by atoms with van der Waals surface area (Å²) in [4.78, 5) is 18.4. The molecule has 1 aromatic carbocycles. The predicted octanol–water partition coefficient (Wildman–Crippen LogP) is 3.65. The van der Waals surface area contributed by atoms with Crippen LogP contribution >= 0.6 is 22.9 Å². The molecule has 0 aliphatic rings. The van der Waals surface area contributed by atoms with Gasteiger partial charge in [-0.1, -0.05) is 11.6 Å². The molecule has 10 heteroatoms. The molecule has 0 saturated carbocycles. The summed E-state index contributed by atoms with van der Waals surface area (Å²) in [6.45, 7) is 2.34. The number of sulfonamides is 1. The van der Waals surface area contributed by atoms with Crippen molar-refractivity contribution < 1.29 is 17.6 Å². The molecule has 0 spiro atoms. The van der Waals surface area contributed by atoms with Gasteiger partial charge in [0.2, 0.25) is 10.0 Å². The third-order valence-electron chi connectivity index (χ3n) is 3.95. The van der Waals surface area contributed by atoms with Crippen LogP contribution in [0.5, 0.6) is 0 Å². The second kappa shape index (κ2) is 9.00. The van der Waals surface area contributed by atoms with E-state index in [1.54, 1.807) is 23.5 Å². The van der Waals surface area contributed by atoms with E-state index in [9.17, 15) is 17.6 Å². The van der Waals surface area contributed by atoms with Crippen molar-refractivity contribution in [2.24, 2.45) is 0 Å². The molecule has 3 aromatic rings. The number of carbonyl (C=O) groups excluding carboxylic acids is 1. The number of rotatable bonds is 7. The minimum absolute atomic E-state index is 0.0896. The van der Waals surface area contributed by atoms with Crippen LogP contribution in [-0.2, 0) is 23.1 Å². The van der Waals surface area contributed by atoms with Crippen molar-refractivity contribution in [3.63, 3.8) is 0 Å². The Balaban J connectivity index is 1.58. The van der Waals surface area contributed by atoms with E-state index >= 15 is 0 Å². The van der Waals surface area contributed by atoms with E-state index in [2.05, 4.69) is 15.0 Å². The SMILES string of the molecule is Cc1ccc(CNC(=O)c2ccc(CNS(=O)(=O)c3ccc(F)c(Cl)c3)nc2)s1. The van der Waals surface area contributed by atoms with Crippen LogP contribution in [0, 0.1) is 12.7 Å². The van der Waals surface area contributed by atoms with Gasteiger partial charge in [0, 0.05) is 16.0 Å². The molecule has 0 fully saturated rings. The lowest BCUT2D eigenvalue weighted by molar-refractivity contribution is 0.0951. The average Bonchev–Trinajstić information content (AvgIpc) is 3.12. The Labute approximate surface area is 176 Å². The number of benzene rings is 1. The van der Waals surface area contributed by atoms with Gasteiger partial charge in [-0.15, -0.1) is 11.3 Å². The zero-order chi connectivity index (χ0) is 21.0. The zero-order valence-corrected chi connectivity index (χ0v) is 17.7. The van der Waals surface area contributed by atoms with Gasteiger partial charge in [-0.05, 0) is 49.4 Å². The lowest BCUT2D eigenvalue weighted by atomic mass is 10.2. The van der Waals surface area contributed by atoms with E-state index in [0.29, 0.717) is 17.8 Å². The molecule has 0 aliphatic heterocycles. The van der Waals surface area contributed by atoms with Gasteiger partial charge in [0.25, 0.3) is 5.91 Å². The molecule has 0 unspecified atom stereocenters. The number of aryl methyl sites for hydroxylation is 1. The van der Waals surface area contributed by atoms with Crippen LogP contribution in [0.25, 0.3) is 0 Å². The van der Waals surface area contributed by atoms with Crippen LogP contribution in [0.4, 0.5) is 4.39 Å². The normalized spacial score (nSPS) is 11.4. The molecule has 0 radical (unpaired) electrons. The van der Waals surface area contributed by atoms with Crippen LogP contribution in [0.3, 0.4) is 0 Å². The van der Waals surface area contributed by atoms with Gasteiger partial charge < -0.3 is 5.32 Å². The summed E-state index contributed by atoms with van der Waals surface area (Å²) < 4.78 is 40.1. The van der Waals surface area contributed by atoms with Crippen molar-refractivity contribution in [3.05, 3.63) is 80.5 Å². The molecule has 1 amide bonds. The maximum Gasteiger partial charge on any atom is 0.253 e. The first-order valence-electron chi connectivity index (χ1n) is 8.48. The number of nitrogens with zero attached hydrogens (tertiary/aromatic N) is 1. The minimum Gasteiger partial charge on any atom is -0.347 e. The number of pyridine rings is 1. The lowest BCUT2D eigenvalue weighted by Crippen LogP contribution is -2.24. The first-order valence-corrected chi connectivity index (χ1v) is 11.2. The minimum atomic E-state index is -3.88. The van der Waals surface area contributed by atoms with Crippen molar-refractivity contribution in [1.82, 2.24) is 15.0 Å². The molecule has 6 nitrogen and oxygen atoms in total. The highest BCUT2D eigenvalue weighted by atomic mass is 35.5. The van der Waals surface area contributed by atoms with Gasteiger partial charge in [-0.25, -0.2) is 17.5 Å². The lowest BCUT2D eigenvalue weighted by Gasteiger charge is -2.08.